The van der Waals surface area contributed by atoms with Crippen LogP contribution in [0, 0.1) is 5.92 Å². The lowest BCUT2D eigenvalue weighted by atomic mass is 10.2. The molecule has 0 heterocycles. The molecule has 1 N–H and O–H groups in total. The minimum Gasteiger partial charge on any atom is -0.612 e. The molecule has 0 bridgehead atoms. The number of rotatable bonds is 5. The zero-order valence-corrected chi connectivity index (χ0v) is 9.85. The summed E-state index contributed by atoms with van der Waals surface area (Å²) in [6, 6.07) is 7.86. The van der Waals surface area contributed by atoms with Gasteiger partial charge in [-0.2, -0.15) is 0 Å². The van der Waals surface area contributed by atoms with Gasteiger partial charge >= 0.3 is 0 Å². The van der Waals surface area contributed by atoms with Crippen LogP contribution in [-0.4, -0.2) is 17.4 Å². The monoisotopic (exact) mass is 223 g/mol. The summed E-state index contributed by atoms with van der Waals surface area (Å²) in [6.07, 6.45) is 5.81. The Morgan fingerprint density at radius 3 is 2.53 bits per heavy atom. The van der Waals surface area contributed by atoms with Gasteiger partial charge in [-0.3, -0.25) is 0 Å². The second-order valence-electron chi connectivity index (χ2n) is 4.14. The van der Waals surface area contributed by atoms with Crippen molar-refractivity contribution in [2.75, 3.05) is 18.1 Å². The zero-order valence-electron chi connectivity index (χ0n) is 9.03. The van der Waals surface area contributed by atoms with Gasteiger partial charge in [-0.1, -0.05) is 12.8 Å². The molecule has 1 fully saturated rings. The Morgan fingerprint density at radius 2 is 2.00 bits per heavy atom. The molecule has 82 valence electrons. The lowest BCUT2D eigenvalue weighted by Gasteiger charge is -2.07. The molecular formula is C12H17NOS. The van der Waals surface area contributed by atoms with Gasteiger partial charge in [0, 0.05) is 12.2 Å². The summed E-state index contributed by atoms with van der Waals surface area (Å²) in [7, 11) is 0. The first-order chi connectivity index (χ1) is 7.25. The van der Waals surface area contributed by atoms with Crippen LogP contribution in [0.15, 0.2) is 29.2 Å². The van der Waals surface area contributed by atoms with Crippen LogP contribution >= 0.6 is 0 Å². The number of anilines is 1. The van der Waals surface area contributed by atoms with Gasteiger partial charge in [0.25, 0.3) is 0 Å². The summed E-state index contributed by atoms with van der Waals surface area (Å²) < 4.78 is 11.2. The maximum atomic E-state index is 11.2. The normalized spacial score (nSPS) is 17.5. The summed E-state index contributed by atoms with van der Waals surface area (Å²) in [6.45, 7) is 1.05. The number of nitrogens with one attached hydrogen (secondary N) is 1. The third-order valence-electron chi connectivity index (χ3n) is 2.76. The molecule has 2 rings (SSSR count). The molecule has 15 heavy (non-hydrogen) atoms. The average molecular weight is 223 g/mol. The van der Waals surface area contributed by atoms with Crippen molar-refractivity contribution in [3.63, 3.8) is 0 Å². The van der Waals surface area contributed by atoms with E-state index in [0.29, 0.717) is 0 Å². The summed E-state index contributed by atoms with van der Waals surface area (Å²) in [5.41, 5.74) is 1.13. The highest BCUT2D eigenvalue weighted by atomic mass is 32.2. The summed E-state index contributed by atoms with van der Waals surface area (Å²) >= 11 is -0.868. The fourth-order valence-electron chi connectivity index (χ4n) is 1.59. The maximum absolute atomic E-state index is 11.2. The fourth-order valence-corrected chi connectivity index (χ4v) is 2.11. The van der Waals surface area contributed by atoms with E-state index in [1.54, 1.807) is 6.26 Å². The molecule has 1 aliphatic carbocycles. The third kappa shape index (κ3) is 3.43. The Bertz CT molecular complexity index is 306. The molecule has 0 spiro atoms. The Morgan fingerprint density at radius 1 is 1.33 bits per heavy atom. The molecule has 1 saturated carbocycles. The standard InChI is InChI=1S/C12H17NOS/c1-15(14)12-6-4-11(5-7-12)13-9-8-10-2-3-10/h4-7,10,13H,2-3,8-9H2,1H3. The SMILES string of the molecule is C[S+]([O-])c1ccc(NCCC2CC2)cc1. The largest absolute Gasteiger partial charge is 0.612 e. The second-order valence-corrected chi connectivity index (χ2v) is 5.52. The van der Waals surface area contributed by atoms with Gasteiger partial charge in [-0.05, 0) is 47.8 Å². The van der Waals surface area contributed by atoms with Gasteiger partial charge in [-0.15, -0.1) is 0 Å². The second kappa shape index (κ2) is 4.90. The summed E-state index contributed by atoms with van der Waals surface area (Å²) in [5, 5.41) is 3.38. The van der Waals surface area contributed by atoms with Crippen molar-refractivity contribution in [1.29, 1.82) is 0 Å². The first-order valence-corrected chi connectivity index (χ1v) is 6.99. The molecule has 1 aromatic carbocycles. The van der Waals surface area contributed by atoms with Crippen LogP contribution in [0.4, 0.5) is 5.69 Å². The Kier molecular flexibility index (Phi) is 3.54. The van der Waals surface area contributed by atoms with E-state index in [-0.39, 0.29) is 0 Å². The molecule has 1 atom stereocenters. The number of hydrogen-bond donors (Lipinski definition) is 1. The smallest absolute Gasteiger partial charge is 0.152 e. The molecule has 0 amide bonds. The van der Waals surface area contributed by atoms with Crippen LogP contribution in [-0.2, 0) is 11.2 Å². The molecule has 1 unspecified atom stereocenters. The molecule has 0 aromatic heterocycles. The Balaban J connectivity index is 1.80. The lowest BCUT2D eigenvalue weighted by molar-refractivity contribution is 0.601. The highest BCUT2D eigenvalue weighted by Crippen LogP contribution is 2.32. The minimum atomic E-state index is -0.868. The Hall–Kier alpha value is -0.670. The van der Waals surface area contributed by atoms with Gasteiger partial charge in [0.15, 0.2) is 4.90 Å². The van der Waals surface area contributed by atoms with E-state index in [1.165, 1.54) is 19.3 Å². The van der Waals surface area contributed by atoms with Crippen LogP contribution in [0.25, 0.3) is 0 Å². The number of hydrogen-bond acceptors (Lipinski definition) is 2. The molecular weight excluding hydrogens is 206 g/mol. The van der Waals surface area contributed by atoms with Crippen molar-refractivity contribution >= 4 is 16.9 Å². The predicted molar refractivity (Wildman–Crippen MR) is 64.6 cm³/mol. The molecule has 1 aliphatic rings. The van der Waals surface area contributed by atoms with E-state index < -0.39 is 11.2 Å². The van der Waals surface area contributed by atoms with E-state index in [9.17, 15) is 4.55 Å². The fraction of sp³-hybridized carbons (Fsp3) is 0.500. The summed E-state index contributed by atoms with van der Waals surface area (Å²) in [5.74, 6) is 0.972. The van der Waals surface area contributed by atoms with Crippen molar-refractivity contribution in [2.24, 2.45) is 5.92 Å². The average Bonchev–Trinajstić information content (AvgIpc) is 3.02. The van der Waals surface area contributed by atoms with Gasteiger partial charge < -0.3 is 9.87 Å². The van der Waals surface area contributed by atoms with Crippen LogP contribution in [0.1, 0.15) is 19.3 Å². The molecule has 0 aliphatic heterocycles. The molecule has 0 radical (unpaired) electrons. The Labute approximate surface area is 94.3 Å². The molecule has 2 nitrogen and oxygen atoms in total. The first-order valence-electron chi connectivity index (χ1n) is 5.43. The van der Waals surface area contributed by atoms with Gasteiger partial charge in [0.1, 0.15) is 6.26 Å². The lowest BCUT2D eigenvalue weighted by Crippen LogP contribution is -2.03. The third-order valence-corrected chi connectivity index (χ3v) is 3.70. The van der Waals surface area contributed by atoms with Crippen molar-refractivity contribution < 1.29 is 4.55 Å². The van der Waals surface area contributed by atoms with Crippen LogP contribution in [0.5, 0.6) is 0 Å². The highest BCUT2D eigenvalue weighted by molar-refractivity contribution is 7.90. The van der Waals surface area contributed by atoms with E-state index in [0.717, 1.165) is 23.0 Å². The predicted octanol–water partition coefficient (Wildman–Crippen LogP) is 2.64. The van der Waals surface area contributed by atoms with Gasteiger partial charge in [-0.25, -0.2) is 0 Å². The maximum Gasteiger partial charge on any atom is 0.152 e. The van der Waals surface area contributed by atoms with Gasteiger partial charge in [0.2, 0.25) is 0 Å². The van der Waals surface area contributed by atoms with Crippen LogP contribution in [0.2, 0.25) is 0 Å². The van der Waals surface area contributed by atoms with Gasteiger partial charge in [0.05, 0.1) is 0 Å². The zero-order chi connectivity index (χ0) is 10.7. The van der Waals surface area contributed by atoms with Crippen molar-refractivity contribution in [2.45, 2.75) is 24.2 Å². The molecule has 3 heteroatoms. The van der Waals surface area contributed by atoms with E-state index in [4.69, 9.17) is 0 Å². The summed E-state index contributed by atoms with van der Waals surface area (Å²) in [4.78, 5) is 0.891. The minimum absolute atomic E-state index is 0.868. The molecule has 1 aromatic rings. The van der Waals surface area contributed by atoms with Crippen LogP contribution in [0.3, 0.4) is 0 Å². The van der Waals surface area contributed by atoms with Crippen LogP contribution < -0.4 is 5.32 Å². The van der Waals surface area contributed by atoms with Crippen molar-refractivity contribution in [3.05, 3.63) is 24.3 Å². The first kappa shape index (κ1) is 10.8. The number of benzene rings is 1. The van der Waals surface area contributed by atoms with E-state index >= 15 is 0 Å². The highest BCUT2D eigenvalue weighted by Gasteiger charge is 2.20. The van der Waals surface area contributed by atoms with Crippen molar-refractivity contribution in [3.8, 4) is 0 Å². The van der Waals surface area contributed by atoms with Crippen molar-refractivity contribution in [1.82, 2.24) is 0 Å². The van der Waals surface area contributed by atoms with E-state index in [2.05, 4.69) is 5.32 Å². The molecule has 0 saturated heterocycles. The topological polar surface area (TPSA) is 35.1 Å². The quantitative estimate of drug-likeness (QED) is 0.779. The van der Waals surface area contributed by atoms with E-state index in [1.807, 2.05) is 24.3 Å².